The molecule has 0 radical (unpaired) electrons. The maximum Gasteiger partial charge on any atom is 0.344 e. The van der Waals surface area contributed by atoms with Crippen LogP contribution in [0.15, 0.2) is 18.2 Å². The second kappa shape index (κ2) is 5.88. The molecule has 5 heteroatoms. The van der Waals surface area contributed by atoms with Crippen molar-refractivity contribution in [1.29, 1.82) is 0 Å². The number of hydrogen-bond donors (Lipinski definition) is 1. The van der Waals surface area contributed by atoms with Crippen molar-refractivity contribution in [1.82, 2.24) is 0 Å². The van der Waals surface area contributed by atoms with Crippen LogP contribution in [0.3, 0.4) is 0 Å². The molecule has 0 spiro atoms. The fourth-order valence-electron chi connectivity index (χ4n) is 1.07. The quantitative estimate of drug-likeness (QED) is 0.745. The van der Waals surface area contributed by atoms with E-state index in [0.29, 0.717) is 12.2 Å². The van der Waals surface area contributed by atoms with E-state index in [4.69, 9.17) is 9.84 Å². The van der Waals surface area contributed by atoms with Gasteiger partial charge in [-0.15, -0.1) is 0 Å². The summed E-state index contributed by atoms with van der Waals surface area (Å²) in [7, 11) is 0. The standard InChI is InChI=1S/C10H10I2O3/c1-2-9(10(13)14)15-8-4-6(11)3-7(12)5-8/h3-5,9H,2H2,1H3,(H,13,14). The van der Waals surface area contributed by atoms with Crippen molar-refractivity contribution in [3.63, 3.8) is 0 Å². The molecule has 0 aliphatic heterocycles. The molecule has 82 valence electrons. The molecule has 0 bridgehead atoms. The molecule has 1 rings (SSSR count). The molecule has 0 fully saturated rings. The van der Waals surface area contributed by atoms with E-state index in [2.05, 4.69) is 45.2 Å². The predicted molar refractivity (Wildman–Crippen MR) is 74.2 cm³/mol. The van der Waals surface area contributed by atoms with E-state index in [1.54, 1.807) is 6.92 Å². The summed E-state index contributed by atoms with van der Waals surface area (Å²) < 4.78 is 7.45. The molecule has 0 amide bonds. The van der Waals surface area contributed by atoms with E-state index in [1.165, 1.54) is 0 Å². The number of aliphatic carboxylic acids is 1. The highest BCUT2D eigenvalue weighted by molar-refractivity contribution is 14.1. The van der Waals surface area contributed by atoms with Gasteiger partial charge in [0.1, 0.15) is 5.75 Å². The van der Waals surface area contributed by atoms with Crippen LogP contribution in [0.4, 0.5) is 0 Å². The van der Waals surface area contributed by atoms with Crippen LogP contribution in [0.5, 0.6) is 5.75 Å². The van der Waals surface area contributed by atoms with Crippen LogP contribution in [-0.4, -0.2) is 17.2 Å². The first kappa shape index (κ1) is 13.0. The van der Waals surface area contributed by atoms with Gasteiger partial charge in [-0.3, -0.25) is 0 Å². The lowest BCUT2D eigenvalue weighted by Crippen LogP contribution is -2.25. The molecule has 0 heterocycles. The topological polar surface area (TPSA) is 46.5 Å². The molecule has 3 nitrogen and oxygen atoms in total. The lowest BCUT2D eigenvalue weighted by atomic mass is 10.3. The summed E-state index contributed by atoms with van der Waals surface area (Å²) in [5.41, 5.74) is 0. The van der Waals surface area contributed by atoms with Crippen LogP contribution >= 0.6 is 45.2 Å². The van der Waals surface area contributed by atoms with Gasteiger partial charge in [0.15, 0.2) is 6.10 Å². The van der Waals surface area contributed by atoms with E-state index < -0.39 is 12.1 Å². The fraction of sp³-hybridized carbons (Fsp3) is 0.300. The summed E-state index contributed by atoms with van der Waals surface area (Å²) in [6.07, 6.45) is -0.309. The van der Waals surface area contributed by atoms with Gasteiger partial charge in [-0.25, -0.2) is 4.79 Å². The third-order valence-electron chi connectivity index (χ3n) is 1.76. The minimum absolute atomic E-state index is 0.456. The molecule has 1 aromatic rings. The largest absolute Gasteiger partial charge is 0.479 e. The molecule has 1 unspecified atom stereocenters. The Morgan fingerprint density at radius 1 is 1.40 bits per heavy atom. The summed E-state index contributed by atoms with van der Waals surface area (Å²) in [6.45, 7) is 1.79. The van der Waals surface area contributed by atoms with Crippen LogP contribution in [0.2, 0.25) is 0 Å². The summed E-state index contributed by atoms with van der Waals surface area (Å²) in [5.74, 6) is -0.313. The van der Waals surface area contributed by atoms with Crippen LogP contribution in [0.1, 0.15) is 13.3 Å². The summed E-state index contributed by atoms with van der Waals surface area (Å²) >= 11 is 4.35. The van der Waals surface area contributed by atoms with Gasteiger partial charge in [-0.1, -0.05) is 6.92 Å². The summed E-state index contributed by atoms with van der Waals surface area (Å²) in [4.78, 5) is 10.8. The van der Waals surface area contributed by atoms with E-state index in [1.807, 2.05) is 18.2 Å². The molecule has 1 N–H and O–H groups in total. The van der Waals surface area contributed by atoms with Crippen LogP contribution in [-0.2, 0) is 4.79 Å². The maximum absolute atomic E-state index is 10.8. The number of rotatable bonds is 4. The lowest BCUT2D eigenvalue weighted by molar-refractivity contribution is -0.145. The van der Waals surface area contributed by atoms with Crippen molar-refractivity contribution in [2.24, 2.45) is 0 Å². The van der Waals surface area contributed by atoms with E-state index >= 15 is 0 Å². The molecule has 0 aliphatic carbocycles. The van der Waals surface area contributed by atoms with Gasteiger partial charge < -0.3 is 9.84 Å². The van der Waals surface area contributed by atoms with Gasteiger partial charge in [0.2, 0.25) is 0 Å². The molecule has 1 aromatic carbocycles. The molecule has 15 heavy (non-hydrogen) atoms. The monoisotopic (exact) mass is 432 g/mol. The number of carboxylic acids is 1. The minimum atomic E-state index is -0.925. The van der Waals surface area contributed by atoms with Gasteiger partial charge in [-0.05, 0) is 69.8 Å². The Morgan fingerprint density at radius 3 is 2.33 bits per heavy atom. The Hall–Kier alpha value is -0.0500. The minimum Gasteiger partial charge on any atom is -0.479 e. The number of hydrogen-bond acceptors (Lipinski definition) is 2. The van der Waals surface area contributed by atoms with Crippen molar-refractivity contribution < 1.29 is 14.6 Å². The van der Waals surface area contributed by atoms with Crippen molar-refractivity contribution in [3.8, 4) is 5.75 Å². The molecule has 0 saturated heterocycles. The van der Waals surface area contributed by atoms with E-state index in [0.717, 1.165) is 7.14 Å². The third kappa shape index (κ3) is 4.13. The normalized spacial score (nSPS) is 12.2. The van der Waals surface area contributed by atoms with Crippen LogP contribution in [0.25, 0.3) is 0 Å². The number of carbonyl (C=O) groups is 1. The Bertz CT molecular complexity index is 345. The maximum atomic E-state index is 10.8. The molecular formula is C10H10I2O3. The van der Waals surface area contributed by atoms with Gasteiger partial charge in [0.05, 0.1) is 0 Å². The number of halogens is 2. The first-order valence-corrected chi connectivity index (χ1v) is 6.54. The smallest absolute Gasteiger partial charge is 0.344 e. The van der Waals surface area contributed by atoms with Gasteiger partial charge in [0.25, 0.3) is 0 Å². The highest BCUT2D eigenvalue weighted by Gasteiger charge is 2.16. The lowest BCUT2D eigenvalue weighted by Gasteiger charge is -2.13. The SMILES string of the molecule is CCC(Oc1cc(I)cc(I)c1)C(=O)O. The molecule has 0 saturated carbocycles. The van der Waals surface area contributed by atoms with Gasteiger partial charge in [-0.2, -0.15) is 0 Å². The van der Waals surface area contributed by atoms with Crippen LogP contribution in [0, 0.1) is 7.14 Å². The molecular weight excluding hydrogens is 422 g/mol. The number of ether oxygens (including phenoxy) is 1. The Morgan fingerprint density at radius 2 is 1.93 bits per heavy atom. The summed E-state index contributed by atoms with van der Waals surface area (Å²) in [5, 5.41) is 8.84. The molecule has 0 aromatic heterocycles. The third-order valence-corrected chi connectivity index (χ3v) is 3.01. The Kier molecular flexibility index (Phi) is 5.10. The Labute approximate surface area is 115 Å². The Balaban J connectivity index is 2.83. The molecule has 0 aliphatic rings. The van der Waals surface area contributed by atoms with Crippen molar-refractivity contribution in [2.45, 2.75) is 19.4 Å². The predicted octanol–water partition coefficient (Wildman–Crippen LogP) is 3.14. The first-order valence-electron chi connectivity index (χ1n) is 4.38. The van der Waals surface area contributed by atoms with Crippen molar-refractivity contribution >= 4 is 51.2 Å². The average Bonchev–Trinajstić information content (AvgIpc) is 2.12. The second-order valence-electron chi connectivity index (χ2n) is 2.96. The van der Waals surface area contributed by atoms with Crippen LogP contribution < -0.4 is 4.74 Å². The van der Waals surface area contributed by atoms with Crippen molar-refractivity contribution in [2.75, 3.05) is 0 Å². The van der Waals surface area contributed by atoms with E-state index in [-0.39, 0.29) is 0 Å². The summed E-state index contributed by atoms with van der Waals surface area (Å²) in [6, 6.07) is 5.65. The van der Waals surface area contributed by atoms with E-state index in [9.17, 15) is 4.79 Å². The molecule has 1 atom stereocenters. The highest BCUT2D eigenvalue weighted by atomic mass is 127. The number of carboxylic acid groups (broad SMARTS) is 1. The van der Waals surface area contributed by atoms with Gasteiger partial charge in [0, 0.05) is 7.14 Å². The highest BCUT2D eigenvalue weighted by Crippen LogP contribution is 2.21. The zero-order chi connectivity index (χ0) is 11.4. The fourth-order valence-corrected chi connectivity index (χ4v) is 2.95. The van der Waals surface area contributed by atoms with Gasteiger partial charge >= 0.3 is 5.97 Å². The zero-order valence-corrected chi connectivity index (χ0v) is 12.4. The van der Waals surface area contributed by atoms with Crippen molar-refractivity contribution in [3.05, 3.63) is 25.3 Å². The zero-order valence-electron chi connectivity index (χ0n) is 8.04. The second-order valence-corrected chi connectivity index (χ2v) is 5.45. The average molecular weight is 432 g/mol. The number of benzene rings is 1. The first-order chi connectivity index (χ1) is 7.02.